The third kappa shape index (κ3) is 4.55. The summed E-state index contributed by atoms with van der Waals surface area (Å²) in [4.78, 5) is 8.61. The van der Waals surface area contributed by atoms with E-state index in [1.54, 1.807) is 27.0 Å². The number of anilines is 1. The summed E-state index contributed by atoms with van der Waals surface area (Å²) in [5.74, 6) is 0.367. The highest BCUT2D eigenvalue weighted by atomic mass is 79.9. The molecule has 26 heavy (non-hydrogen) atoms. The number of aromatic nitrogens is 2. The first-order valence-electron chi connectivity index (χ1n) is 8.82. The van der Waals surface area contributed by atoms with Crippen molar-refractivity contribution in [2.45, 2.75) is 57.2 Å². The lowest BCUT2D eigenvalue weighted by molar-refractivity contribution is 0.333. The van der Waals surface area contributed by atoms with Crippen LogP contribution in [0.15, 0.2) is 21.2 Å². The van der Waals surface area contributed by atoms with E-state index < -0.39 is 14.8 Å². The predicted octanol–water partition coefficient (Wildman–Crippen LogP) is 3.67. The van der Waals surface area contributed by atoms with Crippen LogP contribution in [0, 0.1) is 5.92 Å². The minimum absolute atomic E-state index is 0.280. The first-order valence-corrected chi connectivity index (χ1v) is 11.1. The highest BCUT2D eigenvalue weighted by Crippen LogP contribution is 2.28. The second-order valence-electron chi connectivity index (χ2n) is 7.82. The zero-order chi connectivity index (χ0) is 18.9. The molecule has 0 atom stereocenters. The van der Waals surface area contributed by atoms with Gasteiger partial charge in [-0.25, -0.2) is 18.1 Å². The molecule has 1 saturated carbocycles. The van der Waals surface area contributed by atoms with Crippen molar-refractivity contribution < 1.29 is 12.8 Å². The van der Waals surface area contributed by atoms with Gasteiger partial charge in [-0.15, -0.1) is 0 Å². The van der Waals surface area contributed by atoms with Crippen LogP contribution in [0.3, 0.4) is 0 Å². The third-order valence-electron chi connectivity index (χ3n) is 4.76. The van der Waals surface area contributed by atoms with E-state index in [2.05, 4.69) is 35.9 Å². The van der Waals surface area contributed by atoms with Crippen molar-refractivity contribution in [2.24, 2.45) is 5.92 Å². The fourth-order valence-electron chi connectivity index (χ4n) is 2.99. The van der Waals surface area contributed by atoms with E-state index in [0.29, 0.717) is 29.7 Å². The molecule has 3 rings (SSSR count). The van der Waals surface area contributed by atoms with Crippen LogP contribution in [0.4, 0.5) is 6.01 Å². The van der Waals surface area contributed by atoms with Gasteiger partial charge in [0, 0.05) is 23.3 Å². The Morgan fingerprint density at radius 1 is 1.27 bits per heavy atom. The van der Waals surface area contributed by atoms with E-state index in [-0.39, 0.29) is 6.04 Å². The number of rotatable bonds is 5. The lowest BCUT2D eigenvalue weighted by atomic mass is 9.86. The van der Waals surface area contributed by atoms with Gasteiger partial charge in [0.15, 0.2) is 0 Å². The van der Waals surface area contributed by atoms with Gasteiger partial charge in [0.2, 0.25) is 15.7 Å². The number of nitrogens with one attached hydrogen (secondary N) is 2. The van der Waals surface area contributed by atoms with Gasteiger partial charge in [-0.3, -0.25) is 0 Å². The summed E-state index contributed by atoms with van der Waals surface area (Å²) in [5.41, 5.74) is 1.23. The normalized spacial score (nSPS) is 21.8. The van der Waals surface area contributed by atoms with Gasteiger partial charge in [0.25, 0.3) is 6.01 Å². The van der Waals surface area contributed by atoms with Crippen molar-refractivity contribution in [3.8, 4) is 0 Å². The summed E-state index contributed by atoms with van der Waals surface area (Å²) in [5, 5.41) is 3.34. The molecule has 9 heteroatoms. The molecule has 0 unspecified atom stereocenters. The van der Waals surface area contributed by atoms with E-state index in [9.17, 15) is 8.42 Å². The minimum Gasteiger partial charge on any atom is -0.404 e. The highest BCUT2D eigenvalue weighted by Gasteiger charge is 2.30. The zero-order valence-corrected chi connectivity index (χ0v) is 17.7. The Balaban J connectivity index is 1.50. The van der Waals surface area contributed by atoms with E-state index in [4.69, 9.17) is 4.42 Å². The van der Waals surface area contributed by atoms with Crippen LogP contribution in [0.5, 0.6) is 0 Å². The fourth-order valence-corrected chi connectivity index (χ4v) is 4.20. The highest BCUT2D eigenvalue weighted by molar-refractivity contribution is 9.10. The number of hydrogen-bond acceptors (Lipinski definition) is 6. The Labute approximate surface area is 162 Å². The summed E-state index contributed by atoms with van der Waals surface area (Å²) >= 11 is 3.37. The smallest absolute Gasteiger partial charge is 0.297 e. The van der Waals surface area contributed by atoms with Crippen molar-refractivity contribution >= 4 is 43.2 Å². The quantitative estimate of drug-likeness (QED) is 0.729. The average molecular weight is 445 g/mol. The van der Waals surface area contributed by atoms with E-state index in [1.165, 1.54) is 0 Å². The maximum Gasteiger partial charge on any atom is 0.297 e. The molecule has 0 bridgehead atoms. The second-order valence-corrected chi connectivity index (χ2v) is 11.3. The van der Waals surface area contributed by atoms with Crippen LogP contribution in [-0.2, 0) is 10.0 Å². The molecule has 0 saturated heterocycles. The number of sulfonamides is 1. The summed E-state index contributed by atoms with van der Waals surface area (Å²) in [6.07, 6.45) is 5.53. The summed E-state index contributed by atoms with van der Waals surface area (Å²) in [6, 6.07) is 2.64. The van der Waals surface area contributed by atoms with Crippen LogP contribution < -0.4 is 10.0 Å². The number of pyridine rings is 1. The zero-order valence-electron chi connectivity index (χ0n) is 15.3. The summed E-state index contributed by atoms with van der Waals surface area (Å²) < 4.78 is 32.8. The van der Waals surface area contributed by atoms with Gasteiger partial charge in [-0.2, -0.15) is 4.98 Å². The van der Waals surface area contributed by atoms with Gasteiger partial charge < -0.3 is 9.73 Å². The molecule has 1 aliphatic carbocycles. The van der Waals surface area contributed by atoms with Crippen LogP contribution >= 0.6 is 15.9 Å². The van der Waals surface area contributed by atoms with Crippen molar-refractivity contribution in [2.75, 3.05) is 11.9 Å². The van der Waals surface area contributed by atoms with E-state index >= 15 is 0 Å². The Bertz CT molecular complexity index is 868. The molecular weight excluding hydrogens is 420 g/mol. The predicted molar refractivity (Wildman–Crippen MR) is 106 cm³/mol. The monoisotopic (exact) mass is 444 g/mol. The van der Waals surface area contributed by atoms with Gasteiger partial charge in [0.05, 0.1) is 4.75 Å². The largest absolute Gasteiger partial charge is 0.404 e. The lowest BCUT2D eigenvalue weighted by Crippen LogP contribution is -2.42. The van der Waals surface area contributed by atoms with Gasteiger partial charge in [0.1, 0.15) is 5.52 Å². The van der Waals surface area contributed by atoms with Crippen molar-refractivity contribution in [3.63, 3.8) is 0 Å². The Morgan fingerprint density at radius 3 is 2.62 bits per heavy atom. The second kappa shape index (κ2) is 7.44. The average Bonchev–Trinajstić information content (AvgIpc) is 2.94. The molecule has 2 aromatic rings. The van der Waals surface area contributed by atoms with Crippen molar-refractivity contribution in [1.29, 1.82) is 0 Å². The maximum absolute atomic E-state index is 12.2. The van der Waals surface area contributed by atoms with Gasteiger partial charge in [-0.05, 0) is 74.4 Å². The van der Waals surface area contributed by atoms with Crippen LogP contribution in [-0.4, -0.2) is 35.7 Å². The molecular formula is C17H25BrN4O3S. The minimum atomic E-state index is -3.28. The maximum atomic E-state index is 12.2. The van der Waals surface area contributed by atoms with Gasteiger partial charge in [-0.1, -0.05) is 0 Å². The summed E-state index contributed by atoms with van der Waals surface area (Å²) in [7, 11) is -3.28. The number of oxazole rings is 1. The van der Waals surface area contributed by atoms with Crippen molar-refractivity contribution in [3.05, 3.63) is 16.7 Å². The molecule has 0 aromatic carbocycles. The SMILES string of the molecule is CC(C)(C)S(=O)(=O)NCC1CCC(Nc2nc3cc(Br)cnc3o2)CC1. The van der Waals surface area contributed by atoms with Crippen LogP contribution in [0.1, 0.15) is 46.5 Å². The first-order chi connectivity index (χ1) is 12.1. The Morgan fingerprint density at radius 2 is 1.96 bits per heavy atom. The van der Waals surface area contributed by atoms with E-state index in [0.717, 1.165) is 30.2 Å². The summed E-state index contributed by atoms with van der Waals surface area (Å²) in [6.45, 7) is 5.64. The van der Waals surface area contributed by atoms with Crippen LogP contribution in [0.25, 0.3) is 11.2 Å². The topological polar surface area (TPSA) is 97.1 Å². The van der Waals surface area contributed by atoms with Crippen LogP contribution in [0.2, 0.25) is 0 Å². The molecule has 2 aromatic heterocycles. The Hall–Kier alpha value is -1.19. The third-order valence-corrected chi connectivity index (χ3v) is 7.35. The standard InChI is InChI=1S/C17H25BrN4O3S/c1-17(2,3)26(23,24)20-9-11-4-6-13(7-5-11)21-16-22-14-8-12(18)10-19-15(14)25-16/h8,10-11,13,20H,4-7,9H2,1-3H3,(H,21,22). The molecule has 0 amide bonds. The molecule has 0 aliphatic heterocycles. The van der Waals surface area contributed by atoms with E-state index in [1.807, 2.05) is 6.07 Å². The Kier molecular flexibility index (Phi) is 5.60. The fraction of sp³-hybridized carbons (Fsp3) is 0.647. The molecule has 7 nitrogen and oxygen atoms in total. The number of nitrogens with zero attached hydrogens (tertiary/aromatic N) is 2. The molecule has 2 heterocycles. The molecule has 1 fully saturated rings. The number of fused-ring (bicyclic) bond motifs is 1. The first kappa shape index (κ1) is 19.6. The van der Waals surface area contributed by atoms with Crippen molar-refractivity contribution in [1.82, 2.24) is 14.7 Å². The molecule has 144 valence electrons. The number of halogens is 1. The molecule has 2 N–H and O–H groups in total. The number of hydrogen-bond donors (Lipinski definition) is 2. The molecule has 0 spiro atoms. The molecule has 1 aliphatic rings. The lowest BCUT2D eigenvalue weighted by Gasteiger charge is -2.29. The van der Waals surface area contributed by atoms with Gasteiger partial charge >= 0.3 is 0 Å². The molecule has 0 radical (unpaired) electrons.